The molecule has 1 atom stereocenters. The normalized spacial score (nSPS) is 12.4. The summed E-state index contributed by atoms with van der Waals surface area (Å²) in [6.45, 7) is 1.64. The summed E-state index contributed by atoms with van der Waals surface area (Å²) in [4.78, 5) is 20.1. The zero-order chi connectivity index (χ0) is 14.1. The Morgan fingerprint density at radius 2 is 1.95 bits per heavy atom. The van der Waals surface area contributed by atoms with Crippen molar-refractivity contribution in [2.75, 3.05) is 0 Å². The second-order valence-corrected chi connectivity index (χ2v) is 4.52. The molecule has 0 saturated heterocycles. The fourth-order valence-electron chi connectivity index (χ4n) is 2.22. The second-order valence-electron chi connectivity index (χ2n) is 4.52. The first kappa shape index (κ1) is 12.3. The Morgan fingerprint density at radius 1 is 1.20 bits per heavy atom. The first-order valence-corrected chi connectivity index (χ1v) is 6.29. The van der Waals surface area contributed by atoms with E-state index in [2.05, 4.69) is 9.97 Å². The topological polar surface area (TPSA) is 68.0 Å². The molecular formula is C15H13N3O2. The van der Waals surface area contributed by atoms with Crippen LogP contribution in [0.2, 0.25) is 0 Å². The Hall–Kier alpha value is -2.69. The minimum atomic E-state index is -0.898. The number of carboxylic acid groups (broad SMARTS) is 1. The quantitative estimate of drug-likeness (QED) is 0.792. The predicted octanol–water partition coefficient (Wildman–Crippen LogP) is 2.74. The summed E-state index contributed by atoms with van der Waals surface area (Å²) in [6, 6.07) is 12.3. The third-order valence-electron chi connectivity index (χ3n) is 3.23. The lowest BCUT2D eigenvalue weighted by Gasteiger charge is -2.13. The monoisotopic (exact) mass is 267 g/mol. The van der Waals surface area contributed by atoms with Crippen LogP contribution in [0.15, 0.2) is 48.7 Å². The van der Waals surface area contributed by atoms with E-state index in [-0.39, 0.29) is 0 Å². The molecule has 0 aliphatic rings. The van der Waals surface area contributed by atoms with E-state index in [1.54, 1.807) is 17.7 Å². The lowest BCUT2D eigenvalue weighted by molar-refractivity contribution is -0.140. The molecule has 1 aromatic carbocycles. The summed E-state index contributed by atoms with van der Waals surface area (Å²) in [5.41, 5.74) is 2.22. The summed E-state index contributed by atoms with van der Waals surface area (Å²) < 4.78 is 1.71. The van der Waals surface area contributed by atoms with Crippen molar-refractivity contribution in [3.63, 3.8) is 0 Å². The van der Waals surface area contributed by atoms with Crippen molar-refractivity contribution in [3.8, 4) is 11.5 Å². The average molecular weight is 267 g/mol. The van der Waals surface area contributed by atoms with Gasteiger partial charge in [-0.25, -0.2) is 9.78 Å². The number of fused-ring (bicyclic) bond motifs is 1. The largest absolute Gasteiger partial charge is 0.480 e. The molecule has 1 N–H and O–H groups in total. The Bertz CT molecular complexity index is 765. The van der Waals surface area contributed by atoms with Gasteiger partial charge in [-0.05, 0) is 31.2 Å². The highest BCUT2D eigenvalue weighted by molar-refractivity contribution is 5.83. The van der Waals surface area contributed by atoms with Crippen LogP contribution < -0.4 is 0 Å². The number of imidazole rings is 1. The predicted molar refractivity (Wildman–Crippen MR) is 75.3 cm³/mol. The van der Waals surface area contributed by atoms with Crippen molar-refractivity contribution in [1.82, 2.24) is 14.5 Å². The number of hydrogen-bond acceptors (Lipinski definition) is 3. The molecule has 5 nitrogen and oxygen atoms in total. The summed E-state index contributed by atoms with van der Waals surface area (Å²) in [5.74, 6) is -0.327. The Kier molecular flexibility index (Phi) is 2.95. The molecule has 5 heteroatoms. The molecule has 0 saturated carbocycles. The molecule has 2 heterocycles. The van der Waals surface area contributed by atoms with Gasteiger partial charge in [-0.3, -0.25) is 4.98 Å². The smallest absolute Gasteiger partial charge is 0.326 e. The van der Waals surface area contributed by atoms with Crippen LogP contribution in [0.3, 0.4) is 0 Å². The number of aromatic nitrogens is 3. The third-order valence-corrected chi connectivity index (χ3v) is 3.23. The first-order valence-electron chi connectivity index (χ1n) is 6.29. The molecule has 0 bridgehead atoms. The SMILES string of the molecule is CC(C(=O)O)n1c(-c2ccccn2)nc2ccccc21. The van der Waals surface area contributed by atoms with Crippen LogP contribution in [-0.2, 0) is 4.79 Å². The third kappa shape index (κ3) is 1.93. The number of carbonyl (C=O) groups is 1. The summed E-state index contributed by atoms with van der Waals surface area (Å²) in [7, 11) is 0. The highest BCUT2D eigenvalue weighted by Crippen LogP contribution is 2.27. The van der Waals surface area contributed by atoms with E-state index in [1.165, 1.54) is 0 Å². The molecule has 0 aliphatic heterocycles. The lowest BCUT2D eigenvalue weighted by atomic mass is 10.2. The molecule has 0 aliphatic carbocycles. The lowest BCUT2D eigenvalue weighted by Crippen LogP contribution is -2.16. The van der Waals surface area contributed by atoms with Crippen molar-refractivity contribution < 1.29 is 9.90 Å². The minimum absolute atomic E-state index is 0.571. The van der Waals surface area contributed by atoms with Crippen molar-refractivity contribution in [2.45, 2.75) is 13.0 Å². The van der Waals surface area contributed by atoms with E-state index in [4.69, 9.17) is 0 Å². The zero-order valence-electron chi connectivity index (χ0n) is 10.9. The van der Waals surface area contributed by atoms with Gasteiger partial charge in [0.25, 0.3) is 0 Å². The van der Waals surface area contributed by atoms with E-state index in [0.29, 0.717) is 11.5 Å². The van der Waals surface area contributed by atoms with Crippen molar-refractivity contribution in [3.05, 3.63) is 48.7 Å². The van der Waals surface area contributed by atoms with E-state index >= 15 is 0 Å². The van der Waals surface area contributed by atoms with Crippen LogP contribution in [0.5, 0.6) is 0 Å². The summed E-state index contributed by atoms with van der Waals surface area (Å²) in [5, 5.41) is 9.32. The van der Waals surface area contributed by atoms with Crippen LogP contribution in [0.25, 0.3) is 22.6 Å². The van der Waals surface area contributed by atoms with E-state index in [9.17, 15) is 9.90 Å². The molecule has 3 rings (SSSR count). The number of aliphatic carboxylic acids is 1. The number of para-hydroxylation sites is 2. The van der Waals surface area contributed by atoms with Gasteiger partial charge in [0.2, 0.25) is 0 Å². The number of hydrogen-bond donors (Lipinski definition) is 1. The van der Waals surface area contributed by atoms with Gasteiger partial charge in [-0.15, -0.1) is 0 Å². The first-order chi connectivity index (χ1) is 9.68. The molecule has 2 aromatic heterocycles. The molecule has 1 unspecified atom stereocenters. The fourth-order valence-corrected chi connectivity index (χ4v) is 2.22. The molecule has 0 amide bonds. The minimum Gasteiger partial charge on any atom is -0.480 e. The molecule has 0 radical (unpaired) electrons. The molecule has 3 aromatic rings. The Balaban J connectivity index is 2.31. The number of rotatable bonds is 3. The van der Waals surface area contributed by atoms with Gasteiger partial charge in [-0.2, -0.15) is 0 Å². The standard InChI is InChI=1S/C15H13N3O2/c1-10(15(19)20)18-13-8-3-2-6-11(13)17-14(18)12-7-4-5-9-16-12/h2-10H,1H3,(H,19,20). The summed E-state index contributed by atoms with van der Waals surface area (Å²) in [6.07, 6.45) is 1.67. The van der Waals surface area contributed by atoms with Crippen molar-refractivity contribution >= 4 is 17.0 Å². The van der Waals surface area contributed by atoms with Crippen LogP contribution in [0, 0.1) is 0 Å². The van der Waals surface area contributed by atoms with Gasteiger partial charge in [0.15, 0.2) is 5.82 Å². The van der Waals surface area contributed by atoms with E-state index < -0.39 is 12.0 Å². The average Bonchev–Trinajstić information content (AvgIpc) is 2.86. The van der Waals surface area contributed by atoms with E-state index in [1.807, 2.05) is 42.5 Å². The van der Waals surface area contributed by atoms with Gasteiger partial charge in [0.1, 0.15) is 11.7 Å². The second kappa shape index (κ2) is 4.77. The van der Waals surface area contributed by atoms with E-state index in [0.717, 1.165) is 11.0 Å². The van der Waals surface area contributed by atoms with Gasteiger partial charge in [0.05, 0.1) is 11.0 Å². The van der Waals surface area contributed by atoms with Crippen LogP contribution in [0.1, 0.15) is 13.0 Å². The van der Waals surface area contributed by atoms with Crippen LogP contribution >= 0.6 is 0 Å². The Labute approximate surface area is 115 Å². The van der Waals surface area contributed by atoms with Crippen LogP contribution in [0.4, 0.5) is 0 Å². The fraction of sp³-hybridized carbons (Fsp3) is 0.133. The molecule has 0 fully saturated rings. The number of carboxylic acids is 1. The summed E-state index contributed by atoms with van der Waals surface area (Å²) >= 11 is 0. The van der Waals surface area contributed by atoms with Gasteiger partial charge in [-0.1, -0.05) is 18.2 Å². The Morgan fingerprint density at radius 3 is 2.65 bits per heavy atom. The molecular weight excluding hydrogens is 254 g/mol. The highest BCUT2D eigenvalue weighted by atomic mass is 16.4. The van der Waals surface area contributed by atoms with Crippen molar-refractivity contribution in [2.24, 2.45) is 0 Å². The molecule has 20 heavy (non-hydrogen) atoms. The number of pyridine rings is 1. The molecule has 0 spiro atoms. The van der Waals surface area contributed by atoms with Gasteiger partial charge < -0.3 is 9.67 Å². The number of nitrogens with zero attached hydrogens (tertiary/aromatic N) is 3. The van der Waals surface area contributed by atoms with Gasteiger partial charge >= 0.3 is 5.97 Å². The maximum atomic E-state index is 11.4. The zero-order valence-corrected chi connectivity index (χ0v) is 10.9. The van der Waals surface area contributed by atoms with Crippen molar-refractivity contribution in [1.29, 1.82) is 0 Å². The maximum absolute atomic E-state index is 11.4. The highest BCUT2D eigenvalue weighted by Gasteiger charge is 2.21. The number of benzene rings is 1. The maximum Gasteiger partial charge on any atom is 0.326 e. The molecule has 100 valence electrons. The van der Waals surface area contributed by atoms with Gasteiger partial charge in [0, 0.05) is 6.20 Å². The van der Waals surface area contributed by atoms with Crippen LogP contribution in [-0.4, -0.2) is 25.6 Å².